The van der Waals surface area contributed by atoms with Crippen molar-refractivity contribution in [2.24, 2.45) is 0 Å². The summed E-state index contributed by atoms with van der Waals surface area (Å²) in [5, 5.41) is 0. The second kappa shape index (κ2) is 7.00. The number of rotatable bonds is 6. The van der Waals surface area contributed by atoms with Crippen molar-refractivity contribution in [2.45, 2.75) is 24.9 Å². The van der Waals surface area contributed by atoms with Crippen LogP contribution in [0.3, 0.4) is 0 Å². The van der Waals surface area contributed by atoms with Gasteiger partial charge in [-0.3, -0.25) is 23.4 Å². The Morgan fingerprint density at radius 1 is 1.25 bits per heavy atom. The smallest absolute Gasteiger partial charge is 0.349 e. The Morgan fingerprint density at radius 3 is 2.46 bits per heavy atom. The fourth-order valence-corrected chi connectivity index (χ4v) is 3.05. The second-order valence-corrected chi connectivity index (χ2v) is 7.23. The van der Waals surface area contributed by atoms with E-state index in [2.05, 4.69) is 9.05 Å². The van der Waals surface area contributed by atoms with Crippen molar-refractivity contribution < 1.29 is 42.5 Å². The minimum absolute atomic E-state index is 0.230. The lowest BCUT2D eigenvalue weighted by Gasteiger charge is -2.19. The zero-order valence-electron chi connectivity index (χ0n) is 11.8. The van der Waals surface area contributed by atoms with E-state index in [1.165, 1.54) is 0 Å². The topological polar surface area (TPSA) is 198 Å². The van der Waals surface area contributed by atoms with Crippen molar-refractivity contribution >= 4 is 15.6 Å². The Labute approximate surface area is 133 Å². The molecule has 3 atom stereocenters. The second-order valence-electron chi connectivity index (χ2n) is 4.80. The molecule has 0 bridgehead atoms. The lowest BCUT2D eigenvalue weighted by Crippen LogP contribution is -2.31. The number of nitrogens with zero attached hydrogens (tertiary/aromatic N) is 1. The minimum atomic E-state index is -4.93. The van der Waals surface area contributed by atoms with Crippen LogP contribution in [-0.4, -0.2) is 47.9 Å². The molecule has 1 fully saturated rings. The van der Waals surface area contributed by atoms with Crippen LogP contribution >= 0.6 is 15.6 Å². The minimum Gasteiger partial charge on any atom is -0.349 e. The van der Waals surface area contributed by atoms with E-state index in [9.17, 15) is 18.7 Å². The summed E-state index contributed by atoms with van der Waals surface area (Å²) in [5.74, 6) is 0. The van der Waals surface area contributed by atoms with E-state index in [1.807, 2.05) is 4.98 Å². The number of aromatic amines is 1. The molecular weight excluding hydrogens is 374 g/mol. The molecule has 0 saturated carbocycles. The summed E-state index contributed by atoms with van der Waals surface area (Å²) in [6.07, 6.45) is -2.79. The van der Waals surface area contributed by atoms with Crippen molar-refractivity contribution in [2.75, 3.05) is 6.61 Å². The molecule has 1 aromatic heterocycles. The van der Waals surface area contributed by atoms with Crippen LogP contribution in [0, 0.1) is 0 Å². The van der Waals surface area contributed by atoms with Gasteiger partial charge in [-0.15, -0.1) is 0 Å². The lowest BCUT2D eigenvalue weighted by atomic mass is 10.2. The number of nitrogens with one attached hydrogen (secondary N) is 1. The maximum absolute atomic E-state index is 11.7. The SMILES string of the molecule is O=c1ccn([C@H]2C[C@H](OP(=O)(O)O)[C@@H](COP(=O)(O)O)O2)c(=O)[nH]1. The Balaban J connectivity index is 2.21. The van der Waals surface area contributed by atoms with Crippen molar-refractivity contribution in [3.05, 3.63) is 33.1 Å². The first kappa shape index (κ1) is 19.2. The maximum atomic E-state index is 11.7. The first-order chi connectivity index (χ1) is 10.9. The highest BCUT2D eigenvalue weighted by atomic mass is 31.2. The standard InChI is InChI=1S/C9H14N2O11P2/c12-7-1-2-11(9(13)10-7)8-3-5(22-24(17,18)19)6(21-8)4-20-23(14,15)16/h1-2,5-6,8H,3-4H2,(H,10,12,13)(H2,14,15,16)(H2,17,18,19)/t5-,6+,8+/m0/s1. The average molecular weight is 388 g/mol. The van der Waals surface area contributed by atoms with Crippen LogP contribution in [0.1, 0.15) is 12.6 Å². The first-order valence-electron chi connectivity index (χ1n) is 6.35. The fraction of sp³-hybridized carbons (Fsp3) is 0.556. The lowest BCUT2D eigenvalue weighted by molar-refractivity contribution is -0.0444. The summed E-state index contributed by atoms with van der Waals surface area (Å²) in [7, 11) is -9.78. The zero-order chi connectivity index (χ0) is 18.1. The van der Waals surface area contributed by atoms with Gasteiger partial charge in [-0.05, 0) is 0 Å². The number of hydrogen-bond acceptors (Lipinski definition) is 7. The van der Waals surface area contributed by atoms with Crippen LogP contribution < -0.4 is 11.2 Å². The molecule has 0 spiro atoms. The van der Waals surface area contributed by atoms with Crippen LogP contribution in [0.15, 0.2) is 21.9 Å². The summed E-state index contributed by atoms with van der Waals surface area (Å²) < 4.78 is 36.8. The summed E-state index contributed by atoms with van der Waals surface area (Å²) >= 11 is 0. The molecule has 0 aromatic carbocycles. The predicted octanol–water partition coefficient (Wildman–Crippen LogP) is -1.59. The Hall–Kier alpha value is -1.14. The van der Waals surface area contributed by atoms with E-state index < -0.39 is 51.9 Å². The van der Waals surface area contributed by atoms with E-state index in [-0.39, 0.29) is 6.42 Å². The van der Waals surface area contributed by atoms with Crippen LogP contribution in [0.5, 0.6) is 0 Å². The molecule has 0 unspecified atom stereocenters. The quantitative estimate of drug-likeness (QED) is 0.352. The van der Waals surface area contributed by atoms with Gasteiger partial charge in [0.2, 0.25) is 0 Å². The van der Waals surface area contributed by atoms with E-state index in [1.54, 1.807) is 0 Å². The van der Waals surface area contributed by atoms with Gasteiger partial charge in [0.05, 0.1) is 6.61 Å². The van der Waals surface area contributed by atoms with Gasteiger partial charge in [0.1, 0.15) is 18.4 Å². The van der Waals surface area contributed by atoms with Crippen molar-refractivity contribution in [1.29, 1.82) is 0 Å². The average Bonchev–Trinajstić information content (AvgIpc) is 2.76. The summed E-state index contributed by atoms with van der Waals surface area (Å²) in [6, 6.07) is 1.03. The molecule has 13 nitrogen and oxygen atoms in total. The van der Waals surface area contributed by atoms with Crippen LogP contribution in [0.2, 0.25) is 0 Å². The largest absolute Gasteiger partial charge is 0.469 e. The number of phosphoric ester groups is 2. The molecule has 0 radical (unpaired) electrons. The molecule has 24 heavy (non-hydrogen) atoms. The molecule has 0 aliphatic carbocycles. The number of aromatic nitrogens is 2. The molecule has 1 aliphatic rings. The first-order valence-corrected chi connectivity index (χ1v) is 9.42. The molecule has 1 aliphatic heterocycles. The van der Waals surface area contributed by atoms with E-state index >= 15 is 0 Å². The third-order valence-corrected chi connectivity index (χ3v) is 4.05. The molecule has 5 N–H and O–H groups in total. The summed E-state index contributed by atoms with van der Waals surface area (Å²) in [6.45, 7) is -0.733. The van der Waals surface area contributed by atoms with Gasteiger partial charge in [-0.2, -0.15) is 0 Å². The van der Waals surface area contributed by atoms with Gasteiger partial charge in [0.25, 0.3) is 5.56 Å². The maximum Gasteiger partial charge on any atom is 0.469 e. The van der Waals surface area contributed by atoms with Crippen LogP contribution in [0.4, 0.5) is 0 Å². The Kier molecular flexibility index (Phi) is 5.60. The number of ether oxygens (including phenoxy) is 1. The van der Waals surface area contributed by atoms with Crippen molar-refractivity contribution in [3.8, 4) is 0 Å². The molecule has 1 aromatic rings. The van der Waals surface area contributed by atoms with Crippen LogP contribution in [0.25, 0.3) is 0 Å². The number of H-pyrrole nitrogens is 1. The van der Waals surface area contributed by atoms with Gasteiger partial charge in [-0.25, -0.2) is 13.9 Å². The van der Waals surface area contributed by atoms with E-state index in [0.29, 0.717) is 0 Å². The highest BCUT2D eigenvalue weighted by Gasteiger charge is 2.42. The third kappa shape index (κ3) is 5.45. The Bertz CT molecular complexity index is 791. The highest BCUT2D eigenvalue weighted by molar-refractivity contribution is 7.46. The van der Waals surface area contributed by atoms with E-state index in [4.69, 9.17) is 24.3 Å². The number of phosphoric acid groups is 2. The van der Waals surface area contributed by atoms with Gasteiger partial charge >= 0.3 is 21.3 Å². The monoisotopic (exact) mass is 388 g/mol. The van der Waals surface area contributed by atoms with E-state index in [0.717, 1.165) is 16.8 Å². The molecule has 0 amide bonds. The summed E-state index contributed by atoms with van der Waals surface area (Å²) in [5.41, 5.74) is -1.49. The zero-order valence-corrected chi connectivity index (χ0v) is 13.6. The van der Waals surface area contributed by atoms with Crippen molar-refractivity contribution in [1.82, 2.24) is 9.55 Å². The van der Waals surface area contributed by atoms with Crippen molar-refractivity contribution in [3.63, 3.8) is 0 Å². The molecule has 2 rings (SSSR count). The van der Waals surface area contributed by atoms with Gasteiger partial charge in [0.15, 0.2) is 0 Å². The third-order valence-electron chi connectivity index (χ3n) is 3.02. The van der Waals surface area contributed by atoms with Gasteiger partial charge in [0, 0.05) is 18.7 Å². The molecule has 2 heterocycles. The summed E-state index contributed by atoms with van der Waals surface area (Å²) in [4.78, 5) is 59.9. The normalized spacial score (nSPS) is 25.1. The molecule has 136 valence electrons. The molecule has 15 heteroatoms. The molecular formula is C9H14N2O11P2. The molecule has 1 saturated heterocycles. The number of hydrogen-bond donors (Lipinski definition) is 5. The highest BCUT2D eigenvalue weighted by Crippen LogP contribution is 2.44. The Morgan fingerprint density at radius 2 is 1.92 bits per heavy atom. The van der Waals surface area contributed by atoms with Gasteiger partial charge in [-0.1, -0.05) is 0 Å². The fourth-order valence-electron chi connectivity index (χ4n) is 2.13. The van der Waals surface area contributed by atoms with Crippen LogP contribution in [-0.2, 0) is 22.9 Å². The van der Waals surface area contributed by atoms with Gasteiger partial charge < -0.3 is 24.3 Å². The predicted molar refractivity (Wildman–Crippen MR) is 74.8 cm³/mol.